The molecule has 0 radical (unpaired) electrons. The lowest BCUT2D eigenvalue weighted by atomic mass is 10.1. The molecule has 0 unspecified atom stereocenters. The highest BCUT2D eigenvalue weighted by Crippen LogP contribution is 2.33. The summed E-state index contributed by atoms with van der Waals surface area (Å²) in [5, 5.41) is 4.40. The van der Waals surface area contributed by atoms with E-state index in [9.17, 15) is 0 Å². The number of imidazole rings is 1. The second-order valence-corrected chi connectivity index (χ2v) is 8.14. The van der Waals surface area contributed by atoms with Gasteiger partial charge in [0.05, 0.1) is 11.1 Å². The Balaban J connectivity index is 1.74. The van der Waals surface area contributed by atoms with Gasteiger partial charge in [0.2, 0.25) is 0 Å². The van der Waals surface area contributed by atoms with E-state index in [2.05, 4.69) is 52.3 Å². The summed E-state index contributed by atoms with van der Waals surface area (Å²) in [7, 11) is 0. The van der Waals surface area contributed by atoms with Gasteiger partial charge in [-0.15, -0.1) is 11.3 Å². The molecule has 0 amide bonds. The number of pyridine rings is 2. The molecular formula is C21H19N5S. The summed E-state index contributed by atoms with van der Waals surface area (Å²) in [6.07, 6.45) is 5.54. The Bertz CT molecular complexity index is 1140. The minimum Gasteiger partial charge on any atom is -0.365 e. The first kappa shape index (κ1) is 17.3. The van der Waals surface area contributed by atoms with Crippen LogP contribution in [0.5, 0.6) is 0 Å². The van der Waals surface area contributed by atoms with E-state index in [1.54, 1.807) is 12.4 Å². The molecule has 27 heavy (non-hydrogen) atoms. The van der Waals surface area contributed by atoms with E-state index in [1.807, 2.05) is 42.6 Å². The zero-order valence-electron chi connectivity index (χ0n) is 15.4. The largest absolute Gasteiger partial charge is 0.365 e. The van der Waals surface area contributed by atoms with Gasteiger partial charge in [-0.05, 0) is 56.9 Å². The predicted octanol–water partition coefficient (Wildman–Crippen LogP) is 4.46. The second kappa shape index (κ2) is 6.86. The van der Waals surface area contributed by atoms with E-state index < -0.39 is 0 Å². The highest BCUT2D eigenvalue weighted by Gasteiger charge is 2.20. The van der Waals surface area contributed by atoms with Gasteiger partial charge in [0, 0.05) is 17.9 Å². The Hall–Kier alpha value is -3.17. The molecule has 4 rings (SSSR count). The third-order valence-electron chi connectivity index (χ3n) is 3.71. The van der Waals surface area contributed by atoms with Gasteiger partial charge in [0.15, 0.2) is 0 Å². The maximum atomic E-state index is 4.79. The average molecular weight is 373 g/mol. The van der Waals surface area contributed by atoms with Crippen molar-refractivity contribution in [1.82, 2.24) is 19.4 Å². The van der Waals surface area contributed by atoms with Crippen LogP contribution >= 0.6 is 11.3 Å². The van der Waals surface area contributed by atoms with Crippen LogP contribution in [0.15, 0.2) is 55.0 Å². The molecule has 1 N–H and O–H groups in total. The number of thiazole rings is 1. The van der Waals surface area contributed by atoms with Crippen molar-refractivity contribution in [3.05, 3.63) is 65.6 Å². The molecule has 4 aromatic rings. The van der Waals surface area contributed by atoms with Gasteiger partial charge < -0.3 is 5.32 Å². The smallest absolute Gasteiger partial charge is 0.146 e. The molecule has 0 aromatic carbocycles. The standard InChI is InChI=1S/C21H19N5S/c1-21(2,3)25-19-18(24-17-9-5-7-13-26(17)19)20-23-14-16(27-20)11-10-15-8-4-6-12-22-15/h4-9,12-14,25H,1-3H3. The molecule has 0 atom stereocenters. The van der Waals surface area contributed by atoms with Gasteiger partial charge in [-0.3, -0.25) is 4.40 Å². The predicted molar refractivity (Wildman–Crippen MR) is 110 cm³/mol. The van der Waals surface area contributed by atoms with Crippen LogP contribution in [0.3, 0.4) is 0 Å². The van der Waals surface area contributed by atoms with Crippen LogP contribution in [0.1, 0.15) is 31.3 Å². The van der Waals surface area contributed by atoms with Crippen molar-refractivity contribution in [2.75, 3.05) is 5.32 Å². The van der Waals surface area contributed by atoms with Crippen molar-refractivity contribution in [3.8, 4) is 22.5 Å². The summed E-state index contributed by atoms with van der Waals surface area (Å²) < 4.78 is 2.06. The van der Waals surface area contributed by atoms with E-state index in [4.69, 9.17) is 4.98 Å². The molecule has 0 saturated carbocycles. The first-order valence-corrected chi connectivity index (χ1v) is 9.46. The number of hydrogen-bond acceptors (Lipinski definition) is 5. The molecule has 0 aliphatic carbocycles. The summed E-state index contributed by atoms with van der Waals surface area (Å²) in [6, 6.07) is 11.7. The molecule has 0 aliphatic rings. The lowest BCUT2D eigenvalue weighted by Crippen LogP contribution is -2.27. The Morgan fingerprint density at radius 3 is 2.67 bits per heavy atom. The van der Waals surface area contributed by atoms with Crippen molar-refractivity contribution in [2.24, 2.45) is 0 Å². The summed E-state index contributed by atoms with van der Waals surface area (Å²) in [6.45, 7) is 6.39. The Labute approximate surface area is 162 Å². The molecule has 4 aromatic heterocycles. The number of hydrogen-bond donors (Lipinski definition) is 1. The van der Waals surface area contributed by atoms with Crippen LogP contribution in [-0.2, 0) is 0 Å². The normalized spacial score (nSPS) is 11.2. The lowest BCUT2D eigenvalue weighted by Gasteiger charge is -2.22. The average Bonchev–Trinajstić information content (AvgIpc) is 3.25. The molecule has 0 saturated heterocycles. The molecule has 4 heterocycles. The van der Waals surface area contributed by atoms with Gasteiger partial charge in [-0.2, -0.15) is 0 Å². The van der Waals surface area contributed by atoms with Gasteiger partial charge in [0.25, 0.3) is 0 Å². The molecule has 134 valence electrons. The highest BCUT2D eigenvalue weighted by molar-refractivity contribution is 7.15. The number of rotatable bonds is 2. The third kappa shape index (κ3) is 3.83. The molecule has 5 nitrogen and oxygen atoms in total. The zero-order chi connectivity index (χ0) is 18.9. The fourth-order valence-electron chi connectivity index (χ4n) is 2.62. The molecule has 0 fully saturated rings. The van der Waals surface area contributed by atoms with Crippen LogP contribution in [0.2, 0.25) is 0 Å². The monoisotopic (exact) mass is 373 g/mol. The SMILES string of the molecule is CC(C)(C)Nc1c(-c2ncc(C#Cc3ccccn3)s2)nc2ccccn12. The van der Waals surface area contributed by atoms with E-state index >= 15 is 0 Å². The quantitative estimate of drug-likeness (QED) is 0.527. The number of nitrogens with one attached hydrogen (secondary N) is 1. The van der Waals surface area contributed by atoms with Crippen molar-refractivity contribution < 1.29 is 0 Å². The van der Waals surface area contributed by atoms with Crippen LogP contribution in [0, 0.1) is 11.8 Å². The van der Waals surface area contributed by atoms with Crippen molar-refractivity contribution in [2.45, 2.75) is 26.3 Å². The van der Waals surface area contributed by atoms with Crippen molar-refractivity contribution in [3.63, 3.8) is 0 Å². The minimum absolute atomic E-state index is 0.0978. The third-order valence-corrected chi connectivity index (χ3v) is 4.63. The lowest BCUT2D eigenvalue weighted by molar-refractivity contribution is 0.629. The maximum Gasteiger partial charge on any atom is 0.146 e. The minimum atomic E-state index is -0.0978. The van der Waals surface area contributed by atoms with Gasteiger partial charge >= 0.3 is 0 Å². The molecule has 6 heteroatoms. The van der Waals surface area contributed by atoms with Crippen LogP contribution in [-0.4, -0.2) is 24.9 Å². The van der Waals surface area contributed by atoms with E-state index in [0.29, 0.717) is 0 Å². The first-order valence-electron chi connectivity index (χ1n) is 8.64. The van der Waals surface area contributed by atoms with Crippen LogP contribution in [0.25, 0.3) is 16.3 Å². The van der Waals surface area contributed by atoms with Gasteiger partial charge in [-0.1, -0.05) is 12.1 Å². The van der Waals surface area contributed by atoms with E-state index in [-0.39, 0.29) is 5.54 Å². The molecule has 0 aliphatic heterocycles. The Morgan fingerprint density at radius 2 is 1.89 bits per heavy atom. The summed E-state index contributed by atoms with van der Waals surface area (Å²) in [5.41, 5.74) is 2.37. The number of anilines is 1. The summed E-state index contributed by atoms with van der Waals surface area (Å²) in [4.78, 5) is 14.5. The maximum absolute atomic E-state index is 4.79. The first-order chi connectivity index (χ1) is 13.0. The van der Waals surface area contributed by atoms with E-state index in [0.717, 1.165) is 32.7 Å². The second-order valence-electron chi connectivity index (χ2n) is 7.11. The fraction of sp³-hybridized carbons (Fsp3) is 0.190. The van der Waals surface area contributed by atoms with Crippen LogP contribution < -0.4 is 5.32 Å². The van der Waals surface area contributed by atoms with Crippen molar-refractivity contribution in [1.29, 1.82) is 0 Å². The number of nitrogens with zero attached hydrogens (tertiary/aromatic N) is 4. The zero-order valence-corrected chi connectivity index (χ0v) is 16.2. The topological polar surface area (TPSA) is 55.1 Å². The summed E-state index contributed by atoms with van der Waals surface area (Å²) >= 11 is 1.53. The molecule has 0 bridgehead atoms. The Morgan fingerprint density at radius 1 is 1.04 bits per heavy atom. The van der Waals surface area contributed by atoms with Crippen LogP contribution in [0.4, 0.5) is 5.82 Å². The van der Waals surface area contributed by atoms with E-state index in [1.165, 1.54) is 11.3 Å². The summed E-state index contributed by atoms with van der Waals surface area (Å²) in [5.74, 6) is 7.16. The van der Waals surface area contributed by atoms with Gasteiger partial charge in [-0.25, -0.2) is 15.0 Å². The number of aromatic nitrogens is 4. The highest BCUT2D eigenvalue weighted by atomic mass is 32.1. The fourth-order valence-corrected chi connectivity index (χ4v) is 3.38. The molecular weight excluding hydrogens is 354 g/mol. The van der Waals surface area contributed by atoms with Crippen molar-refractivity contribution >= 4 is 22.8 Å². The van der Waals surface area contributed by atoms with Gasteiger partial charge in [0.1, 0.15) is 27.9 Å². The number of fused-ring (bicyclic) bond motifs is 1. The molecule has 0 spiro atoms. The Kier molecular flexibility index (Phi) is 4.38.